The van der Waals surface area contributed by atoms with Crippen molar-refractivity contribution in [3.05, 3.63) is 47.6 Å². The second-order valence-electron chi connectivity index (χ2n) is 8.71. The number of rotatable bonds is 6. The molecule has 0 aliphatic carbocycles. The van der Waals surface area contributed by atoms with Crippen LogP contribution in [0, 0.1) is 5.92 Å². The third kappa shape index (κ3) is 5.39. The number of hydrogen-bond acceptors (Lipinski definition) is 7. The topological polar surface area (TPSA) is 64.6 Å². The molecule has 2 aromatic heterocycles. The molecule has 1 unspecified atom stereocenters. The Labute approximate surface area is 203 Å². The molecule has 174 valence electrons. The lowest BCUT2D eigenvalue weighted by molar-refractivity contribution is -0.125. The van der Waals surface area contributed by atoms with Crippen LogP contribution in [0.2, 0.25) is 5.02 Å². The van der Waals surface area contributed by atoms with E-state index in [9.17, 15) is 4.79 Å². The van der Waals surface area contributed by atoms with Crippen molar-refractivity contribution in [3.8, 4) is 0 Å². The number of nitrogens with zero attached hydrogens (tertiary/aromatic N) is 5. The number of pyridine rings is 1. The lowest BCUT2D eigenvalue weighted by atomic mass is 9.97. The Bertz CT molecular complexity index is 1070. The van der Waals surface area contributed by atoms with Crippen LogP contribution in [0.5, 0.6) is 0 Å². The van der Waals surface area contributed by atoms with Gasteiger partial charge >= 0.3 is 0 Å². The zero-order chi connectivity index (χ0) is 22.6. The number of carbonyl (C=O) groups is 1. The van der Waals surface area contributed by atoms with Crippen molar-refractivity contribution in [1.29, 1.82) is 0 Å². The van der Waals surface area contributed by atoms with Gasteiger partial charge in [-0.1, -0.05) is 29.0 Å². The number of benzene rings is 1. The van der Waals surface area contributed by atoms with E-state index in [1.807, 2.05) is 30.3 Å². The van der Waals surface area contributed by atoms with Gasteiger partial charge < -0.3 is 15.1 Å². The first-order chi connectivity index (χ1) is 16.2. The molecule has 1 aromatic carbocycles. The van der Waals surface area contributed by atoms with Gasteiger partial charge in [0.05, 0.1) is 5.92 Å². The Kier molecular flexibility index (Phi) is 6.94. The first kappa shape index (κ1) is 22.4. The molecular weight excluding hydrogens is 456 g/mol. The predicted molar refractivity (Wildman–Crippen MR) is 135 cm³/mol. The molecule has 9 heteroatoms. The molecular formula is C24H29ClN6OS. The maximum atomic E-state index is 12.9. The maximum Gasteiger partial charge on any atom is 0.224 e. The lowest BCUT2D eigenvalue weighted by Crippen LogP contribution is -2.49. The Balaban J connectivity index is 1.07. The molecule has 5 rings (SSSR count). The molecule has 2 fully saturated rings. The fourth-order valence-corrected chi connectivity index (χ4v) is 5.77. The number of anilines is 2. The molecule has 2 saturated heterocycles. The minimum Gasteiger partial charge on any atom is -0.369 e. The quantitative estimate of drug-likeness (QED) is 0.577. The maximum absolute atomic E-state index is 12.9. The Morgan fingerprint density at radius 1 is 1.12 bits per heavy atom. The van der Waals surface area contributed by atoms with Crippen molar-refractivity contribution in [2.75, 3.05) is 62.2 Å². The molecule has 2 aliphatic rings. The third-order valence-corrected chi connectivity index (χ3v) is 7.77. The highest BCUT2D eigenvalue weighted by molar-refractivity contribution is 7.21. The second-order valence-corrected chi connectivity index (χ2v) is 10.1. The fourth-order valence-electron chi connectivity index (χ4n) is 4.64. The number of nitrogens with one attached hydrogen (secondary N) is 1. The van der Waals surface area contributed by atoms with E-state index < -0.39 is 0 Å². The highest BCUT2D eigenvalue weighted by Gasteiger charge is 2.27. The molecule has 0 radical (unpaired) electrons. The SMILES string of the molecule is O=C(NCCN1CCN(c2cccc(Cl)c2)CC1)C1CCCN(c2nc3cccnc3s2)C1. The molecule has 1 N–H and O–H groups in total. The standard InChI is InChI=1S/C24H29ClN6OS/c25-19-5-1-6-20(16-19)30-14-12-29(13-15-30)11-9-26-22(32)18-4-3-10-31(17-18)24-28-21-7-2-8-27-23(21)33-24/h1-2,5-8,16,18H,3-4,9-15,17H2,(H,26,32). The summed E-state index contributed by atoms with van der Waals surface area (Å²) in [5.74, 6) is 0.176. The molecule has 0 spiro atoms. The number of hydrogen-bond donors (Lipinski definition) is 1. The van der Waals surface area contributed by atoms with E-state index >= 15 is 0 Å². The zero-order valence-corrected chi connectivity index (χ0v) is 20.2. The first-order valence-electron chi connectivity index (χ1n) is 11.6. The van der Waals surface area contributed by atoms with Crippen molar-refractivity contribution in [1.82, 2.24) is 20.2 Å². The van der Waals surface area contributed by atoms with Gasteiger partial charge in [0.25, 0.3) is 0 Å². The van der Waals surface area contributed by atoms with Crippen LogP contribution >= 0.6 is 22.9 Å². The number of fused-ring (bicyclic) bond motifs is 1. The normalized spacial score (nSPS) is 19.7. The smallest absolute Gasteiger partial charge is 0.224 e. The number of carbonyl (C=O) groups excluding carboxylic acids is 1. The summed E-state index contributed by atoms with van der Waals surface area (Å²) in [6.45, 7) is 7.18. The molecule has 2 aliphatic heterocycles. The molecule has 33 heavy (non-hydrogen) atoms. The van der Waals surface area contributed by atoms with Gasteiger partial charge in [-0.15, -0.1) is 0 Å². The van der Waals surface area contributed by atoms with Gasteiger partial charge in [0.15, 0.2) is 5.13 Å². The molecule has 0 bridgehead atoms. The van der Waals surface area contributed by atoms with Gasteiger partial charge in [0, 0.05) is 69.3 Å². The lowest BCUT2D eigenvalue weighted by Gasteiger charge is -2.36. The van der Waals surface area contributed by atoms with E-state index in [1.54, 1.807) is 17.5 Å². The van der Waals surface area contributed by atoms with Crippen LogP contribution < -0.4 is 15.1 Å². The van der Waals surface area contributed by atoms with E-state index in [4.69, 9.17) is 16.6 Å². The first-order valence-corrected chi connectivity index (χ1v) is 12.8. The minimum atomic E-state index is 0.0124. The van der Waals surface area contributed by atoms with Crippen LogP contribution in [-0.4, -0.2) is 73.1 Å². The van der Waals surface area contributed by atoms with Crippen molar-refractivity contribution >= 4 is 50.0 Å². The van der Waals surface area contributed by atoms with Crippen LogP contribution in [0.1, 0.15) is 12.8 Å². The van der Waals surface area contributed by atoms with E-state index in [2.05, 4.69) is 31.1 Å². The molecule has 1 atom stereocenters. The summed E-state index contributed by atoms with van der Waals surface area (Å²) in [6, 6.07) is 11.9. The van der Waals surface area contributed by atoms with Crippen molar-refractivity contribution < 1.29 is 4.79 Å². The summed E-state index contributed by atoms with van der Waals surface area (Å²) >= 11 is 7.74. The summed E-state index contributed by atoms with van der Waals surface area (Å²) in [7, 11) is 0. The van der Waals surface area contributed by atoms with E-state index in [0.29, 0.717) is 6.54 Å². The highest BCUT2D eigenvalue weighted by atomic mass is 35.5. The summed E-state index contributed by atoms with van der Waals surface area (Å²) in [5.41, 5.74) is 2.11. The van der Waals surface area contributed by atoms with Crippen LogP contribution in [0.3, 0.4) is 0 Å². The number of piperidine rings is 1. The number of thiazole rings is 1. The van der Waals surface area contributed by atoms with Gasteiger partial charge in [-0.2, -0.15) is 0 Å². The third-order valence-electron chi connectivity index (χ3n) is 6.49. The van der Waals surface area contributed by atoms with E-state index in [-0.39, 0.29) is 11.8 Å². The zero-order valence-electron chi connectivity index (χ0n) is 18.6. The summed E-state index contributed by atoms with van der Waals surface area (Å²) in [6.07, 6.45) is 3.74. The second kappa shape index (κ2) is 10.2. The number of amides is 1. The van der Waals surface area contributed by atoms with Crippen LogP contribution in [0.4, 0.5) is 10.8 Å². The Morgan fingerprint density at radius 2 is 2.00 bits per heavy atom. The van der Waals surface area contributed by atoms with Crippen molar-refractivity contribution in [2.24, 2.45) is 5.92 Å². The fraction of sp³-hybridized carbons (Fsp3) is 0.458. The monoisotopic (exact) mass is 484 g/mol. The average Bonchev–Trinajstić information content (AvgIpc) is 3.29. The number of halogens is 1. The molecule has 0 saturated carbocycles. The summed E-state index contributed by atoms with van der Waals surface area (Å²) in [4.78, 5) is 30.0. The Hall–Kier alpha value is -2.42. The van der Waals surface area contributed by atoms with Gasteiger partial charge in [0.2, 0.25) is 5.91 Å². The highest BCUT2D eigenvalue weighted by Crippen LogP contribution is 2.30. The summed E-state index contributed by atoms with van der Waals surface area (Å²) < 4.78 is 0. The number of piperazine rings is 1. The van der Waals surface area contributed by atoms with E-state index in [1.165, 1.54) is 5.69 Å². The molecule has 1 amide bonds. The van der Waals surface area contributed by atoms with E-state index in [0.717, 1.165) is 79.2 Å². The average molecular weight is 485 g/mol. The largest absolute Gasteiger partial charge is 0.369 e. The van der Waals surface area contributed by atoms with Gasteiger partial charge in [-0.25, -0.2) is 9.97 Å². The van der Waals surface area contributed by atoms with Crippen molar-refractivity contribution in [3.63, 3.8) is 0 Å². The minimum absolute atomic E-state index is 0.0124. The van der Waals surface area contributed by atoms with Crippen LogP contribution in [-0.2, 0) is 4.79 Å². The molecule has 3 aromatic rings. The van der Waals surface area contributed by atoms with Crippen LogP contribution in [0.15, 0.2) is 42.6 Å². The molecule has 4 heterocycles. The van der Waals surface area contributed by atoms with Gasteiger partial charge in [-0.05, 0) is 43.2 Å². The summed E-state index contributed by atoms with van der Waals surface area (Å²) in [5, 5.41) is 4.93. The van der Waals surface area contributed by atoms with Gasteiger partial charge in [0.1, 0.15) is 10.3 Å². The van der Waals surface area contributed by atoms with Crippen LogP contribution in [0.25, 0.3) is 10.3 Å². The molecule has 7 nitrogen and oxygen atoms in total. The Morgan fingerprint density at radius 3 is 2.82 bits per heavy atom. The van der Waals surface area contributed by atoms with Crippen molar-refractivity contribution in [2.45, 2.75) is 12.8 Å². The number of aromatic nitrogens is 2. The van der Waals surface area contributed by atoms with Gasteiger partial charge in [-0.3, -0.25) is 9.69 Å². The predicted octanol–water partition coefficient (Wildman–Crippen LogP) is 3.50.